The van der Waals surface area contributed by atoms with E-state index in [1.54, 1.807) is 0 Å². The molecule has 2 aromatic carbocycles. The third-order valence-corrected chi connectivity index (χ3v) is 3.34. The average molecular weight is 300 g/mol. The standard InChI is InChI=1S/C17H20N2O3/c1-17(2,19)16(21)22-15(20)14(18)10-12-8-5-7-11-6-3-4-9-13(11)12/h3-9,14H,10,18-19H2,1-2H3/t14-/m0/s1. The molecule has 2 aromatic rings. The van der Waals surface area contributed by atoms with Crippen LogP contribution in [0.25, 0.3) is 10.8 Å². The first-order chi connectivity index (χ1) is 10.3. The summed E-state index contributed by atoms with van der Waals surface area (Å²) < 4.78 is 4.73. The zero-order valence-corrected chi connectivity index (χ0v) is 12.7. The maximum absolute atomic E-state index is 11.9. The summed E-state index contributed by atoms with van der Waals surface area (Å²) in [5, 5.41) is 2.10. The molecule has 0 fully saturated rings. The average Bonchev–Trinajstić information content (AvgIpc) is 2.46. The molecule has 4 N–H and O–H groups in total. The van der Waals surface area contributed by atoms with Gasteiger partial charge in [0.15, 0.2) is 0 Å². The molecule has 0 aromatic heterocycles. The number of esters is 2. The van der Waals surface area contributed by atoms with E-state index in [1.165, 1.54) is 13.8 Å². The number of rotatable bonds is 4. The van der Waals surface area contributed by atoms with E-state index < -0.39 is 23.5 Å². The van der Waals surface area contributed by atoms with Crippen LogP contribution >= 0.6 is 0 Å². The lowest BCUT2D eigenvalue weighted by molar-refractivity contribution is -0.163. The van der Waals surface area contributed by atoms with Crippen molar-refractivity contribution in [1.82, 2.24) is 0 Å². The Morgan fingerprint density at radius 3 is 2.45 bits per heavy atom. The van der Waals surface area contributed by atoms with Crippen LogP contribution in [0.1, 0.15) is 19.4 Å². The van der Waals surface area contributed by atoms with Crippen molar-refractivity contribution in [3.63, 3.8) is 0 Å². The molecule has 5 nitrogen and oxygen atoms in total. The highest BCUT2D eigenvalue weighted by atomic mass is 16.6. The van der Waals surface area contributed by atoms with Gasteiger partial charge >= 0.3 is 11.9 Å². The summed E-state index contributed by atoms with van der Waals surface area (Å²) >= 11 is 0. The van der Waals surface area contributed by atoms with E-state index in [0.29, 0.717) is 6.42 Å². The Bertz CT molecular complexity index is 699. The molecule has 116 valence electrons. The van der Waals surface area contributed by atoms with Gasteiger partial charge in [0, 0.05) is 0 Å². The molecule has 0 aliphatic heterocycles. The Kier molecular flexibility index (Phi) is 4.59. The summed E-state index contributed by atoms with van der Waals surface area (Å²) in [7, 11) is 0. The quantitative estimate of drug-likeness (QED) is 0.659. The summed E-state index contributed by atoms with van der Waals surface area (Å²) in [6, 6.07) is 12.7. The second kappa shape index (κ2) is 6.25. The van der Waals surface area contributed by atoms with Gasteiger partial charge in [-0.2, -0.15) is 0 Å². The van der Waals surface area contributed by atoms with E-state index >= 15 is 0 Å². The first-order valence-electron chi connectivity index (χ1n) is 7.06. The SMILES string of the molecule is CC(C)(N)C(=O)OC(=O)[C@@H](N)Cc1cccc2ccccc12. The van der Waals surface area contributed by atoms with Crippen molar-refractivity contribution in [1.29, 1.82) is 0 Å². The molecule has 2 rings (SSSR count). The zero-order valence-electron chi connectivity index (χ0n) is 12.7. The van der Waals surface area contributed by atoms with Crippen LogP contribution in [0.3, 0.4) is 0 Å². The third-order valence-electron chi connectivity index (χ3n) is 3.34. The molecule has 0 saturated carbocycles. The molecular weight excluding hydrogens is 280 g/mol. The Labute approximate surface area is 129 Å². The number of hydrogen-bond acceptors (Lipinski definition) is 5. The van der Waals surface area contributed by atoms with Crippen molar-refractivity contribution >= 4 is 22.7 Å². The van der Waals surface area contributed by atoms with Crippen molar-refractivity contribution in [2.75, 3.05) is 0 Å². The number of hydrogen-bond donors (Lipinski definition) is 2. The lowest BCUT2D eigenvalue weighted by Crippen LogP contribution is -2.46. The van der Waals surface area contributed by atoms with Gasteiger partial charge in [-0.05, 0) is 36.6 Å². The van der Waals surface area contributed by atoms with E-state index in [1.807, 2.05) is 42.5 Å². The van der Waals surface area contributed by atoms with Gasteiger partial charge in [-0.15, -0.1) is 0 Å². The molecule has 5 heteroatoms. The monoisotopic (exact) mass is 300 g/mol. The van der Waals surface area contributed by atoms with Crippen molar-refractivity contribution in [3.8, 4) is 0 Å². The van der Waals surface area contributed by atoms with Gasteiger partial charge < -0.3 is 16.2 Å². The molecule has 0 spiro atoms. The number of carbonyl (C=O) groups excluding carboxylic acids is 2. The fraction of sp³-hybridized carbons (Fsp3) is 0.294. The fourth-order valence-corrected chi connectivity index (χ4v) is 2.09. The molecule has 0 aliphatic rings. The first kappa shape index (κ1) is 16.1. The van der Waals surface area contributed by atoms with Gasteiger partial charge in [0.05, 0.1) is 0 Å². The van der Waals surface area contributed by atoms with Crippen molar-refractivity contribution in [2.45, 2.75) is 31.8 Å². The number of carbonyl (C=O) groups is 2. The van der Waals surface area contributed by atoms with Crippen LogP contribution in [0.5, 0.6) is 0 Å². The van der Waals surface area contributed by atoms with E-state index in [4.69, 9.17) is 16.2 Å². The van der Waals surface area contributed by atoms with Crippen LogP contribution < -0.4 is 11.5 Å². The molecule has 0 amide bonds. The van der Waals surface area contributed by atoms with Crippen LogP contribution in [0.4, 0.5) is 0 Å². The highest BCUT2D eigenvalue weighted by Gasteiger charge is 2.28. The Morgan fingerprint density at radius 1 is 1.14 bits per heavy atom. The van der Waals surface area contributed by atoms with Crippen LogP contribution in [0.2, 0.25) is 0 Å². The molecule has 22 heavy (non-hydrogen) atoms. The number of ether oxygens (including phenoxy) is 1. The summed E-state index contributed by atoms with van der Waals surface area (Å²) in [6.45, 7) is 2.94. The summed E-state index contributed by atoms with van der Waals surface area (Å²) in [5.74, 6) is -1.55. The summed E-state index contributed by atoms with van der Waals surface area (Å²) in [5.41, 5.74) is 11.2. The normalized spacial score (nSPS) is 12.9. The lowest BCUT2D eigenvalue weighted by Gasteiger charge is -2.18. The fourth-order valence-electron chi connectivity index (χ4n) is 2.09. The van der Waals surface area contributed by atoms with E-state index in [0.717, 1.165) is 16.3 Å². The number of benzene rings is 2. The van der Waals surface area contributed by atoms with Crippen molar-refractivity contribution in [2.24, 2.45) is 11.5 Å². The maximum Gasteiger partial charge on any atom is 0.333 e. The van der Waals surface area contributed by atoms with Gasteiger partial charge in [-0.3, -0.25) is 0 Å². The topological polar surface area (TPSA) is 95.4 Å². The summed E-state index contributed by atoms with van der Waals surface area (Å²) in [4.78, 5) is 23.5. The van der Waals surface area contributed by atoms with Crippen LogP contribution in [0.15, 0.2) is 42.5 Å². The second-order valence-electron chi connectivity index (χ2n) is 5.88. The molecular formula is C17H20N2O3. The van der Waals surface area contributed by atoms with Gasteiger partial charge in [0.2, 0.25) is 0 Å². The lowest BCUT2D eigenvalue weighted by atomic mass is 9.99. The maximum atomic E-state index is 11.9. The highest BCUT2D eigenvalue weighted by Crippen LogP contribution is 2.19. The summed E-state index contributed by atoms with van der Waals surface area (Å²) in [6.07, 6.45) is 0.290. The molecule has 0 unspecified atom stereocenters. The van der Waals surface area contributed by atoms with Gasteiger partial charge in [0.1, 0.15) is 11.6 Å². The predicted molar refractivity (Wildman–Crippen MR) is 85.0 cm³/mol. The van der Waals surface area contributed by atoms with Crippen LogP contribution in [-0.2, 0) is 20.7 Å². The largest absolute Gasteiger partial charge is 0.391 e. The second-order valence-corrected chi connectivity index (χ2v) is 5.88. The van der Waals surface area contributed by atoms with Gasteiger partial charge in [0.25, 0.3) is 0 Å². The van der Waals surface area contributed by atoms with E-state index in [2.05, 4.69) is 0 Å². The van der Waals surface area contributed by atoms with Gasteiger partial charge in [-0.1, -0.05) is 42.5 Å². The number of fused-ring (bicyclic) bond motifs is 1. The molecule has 0 radical (unpaired) electrons. The Hall–Kier alpha value is -2.24. The minimum absolute atomic E-state index is 0.290. The van der Waals surface area contributed by atoms with Crippen molar-refractivity contribution < 1.29 is 14.3 Å². The first-order valence-corrected chi connectivity index (χ1v) is 7.06. The molecule has 0 heterocycles. The Balaban J connectivity index is 2.12. The zero-order chi connectivity index (χ0) is 16.3. The minimum atomic E-state index is -1.23. The van der Waals surface area contributed by atoms with Crippen LogP contribution in [0, 0.1) is 0 Å². The van der Waals surface area contributed by atoms with Crippen molar-refractivity contribution in [3.05, 3.63) is 48.0 Å². The Morgan fingerprint density at radius 2 is 1.77 bits per heavy atom. The predicted octanol–water partition coefficient (Wildman–Crippen LogP) is 1.52. The van der Waals surface area contributed by atoms with E-state index in [9.17, 15) is 9.59 Å². The third kappa shape index (κ3) is 3.69. The minimum Gasteiger partial charge on any atom is -0.391 e. The molecule has 0 bridgehead atoms. The smallest absolute Gasteiger partial charge is 0.333 e. The molecule has 1 atom stereocenters. The number of nitrogens with two attached hydrogens (primary N) is 2. The van der Waals surface area contributed by atoms with Crippen LogP contribution in [-0.4, -0.2) is 23.5 Å². The molecule has 0 saturated heterocycles. The molecule has 0 aliphatic carbocycles. The van der Waals surface area contributed by atoms with Gasteiger partial charge in [-0.25, -0.2) is 9.59 Å². The highest BCUT2D eigenvalue weighted by molar-refractivity contribution is 5.93. The van der Waals surface area contributed by atoms with E-state index in [-0.39, 0.29) is 0 Å².